The van der Waals surface area contributed by atoms with E-state index in [0.29, 0.717) is 23.4 Å². The molecule has 29 heavy (non-hydrogen) atoms. The SMILES string of the molecule is CC(=O)c1ccc(NC(=O)O[C@H](c2cccc(OCCO)c2)[C@@H](C)CCO)cc1. The molecule has 0 aromatic heterocycles. The molecule has 0 fully saturated rings. The number of Topliss-reactive ketones (excluding diaryl/α,β-unsaturated/α-hetero) is 1. The highest BCUT2D eigenvalue weighted by Crippen LogP contribution is 2.31. The fourth-order valence-corrected chi connectivity index (χ4v) is 2.86. The first-order valence-electron chi connectivity index (χ1n) is 9.47. The molecule has 0 radical (unpaired) electrons. The van der Waals surface area contributed by atoms with Gasteiger partial charge in [-0.3, -0.25) is 10.1 Å². The molecule has 2 aromatic carbocycles. The fraction of sp³-hybridized carbons (Fsp3) is 0.364. The molecule has 2 aromatic rings. The smallest absolute Gasteiger partial charge is 0.412 e. The Hall–Kier alpha value is -2.90. The van der Waals surface area contributed by atoms with Crippen molar-refractivity contribution in [2.45, 2.75) is 26.4 Å². The molecule has 0 heterocycles. The summed E-state index contributed by atoms with van der Waals surface area (Å²) in [5, 5.41) is 20.9. The van der Waals surface area contributed by atoms with Crippen LogP contribution in [0.1, 0.15) is 42.3 Å². The molecule has 1 amide bonds. The molecule has 0 aliphatic rings. The Morgan fingerprint density at radius 1 is 1.07 bits per heavy atom. The van der Waals surface area contributed by atoms with Crippen LogP contribution >= 0.6 is 0 Å². The van der Waals surface area contributed by atoms with Crippen LogP contribution in [-0.2, 0) is 4.74 Å². The van der Waals surface area contributed by atoms with E-state index in [1.807, 2.05) is 13.0 Å². The summed E-state index contributed by atoms with van der Waals surface area (Å²) in [5.41, 5.74) is 1.79. The topological polar surface area (TPSA) is 105 Å². The van der Waals surface area contributed by atoms with E-state index in [-0.39, 0.29) is 31.5 Å². The zero-order chi connectivity index (χ0) is 21.2. The van der Waals surface area contributed by atoms with Gasteiger partial charge >= 0.3 is 6.09 Å². The highest BCUT2D eigenvalue weighted by atomic mass is 16.6. The van der Waals surface area contributed by atoms with Crippen molar-refractivity contribution in [3.05, 3.63) is 59.7 Å². The van der Waals surface area contributed by atoms with Crippen molar-refractivity contribution in [3.63, 3.8) is 0 Å². The number of aliphatic hydroxyl groups excluding tert-OH is 2. The zero-order valence-electron chi connectivity index (χ0n) is 16.6. The van der Waals surface area contributed by atoms with Gasteiger partial charge in [-0.1, -0.05) is 19.1 Å². The van der Waals surface area contributed by atoms with Crippen molar-refractivity contribution in [2.75, 3.05) is 25.1 Å². The monoisotopic (exact) mass is 401 g/mol. The molecule has 0 aliphatic heterocycles. The van der Waals surface area contributed by atoms with Crippen LogP contribution in [0.15, 0.2) is 48.5 Å². The normalized spacial score (nSPS) is 12.7. The number of rotatable bonds is 10. The summed E-state index contributed by atoms with van der Waals surface area (Å²) in [6, 6.07) is 13.6. The molecule has 3 N–H and O–H groups in total. The number of carbonyl (C=O) groups excluding carboxylic acids is 2. The first kappa shape index (κ1) is 22.4. The summed E-state index contributed by atoms with van der Waals surface area (Å²) in [5.74, 6) is 0.362. The minimum absolute atomic E-state index is 0.0319. The number of amides is 1. The number of hydrogen-bond donors (Lipinski definition) is 3. The third-order valence-corrected chi connectivity index (χ3v) is 4.42. The van der Waals surface area contributed by atoms with E-state index in [9.17, 15) is 14.7 Å². The number of benzene rings is 2. The van der Waals surface area contributed by atoms with E-state index >= 15 is 0 Å². The van der Waals surface area contributed by atoms with Crippen molar-refractivity contribution in [1.29, 1.82) is 0 Å². The lowest BCUT2D eigenvalue weighted by atomic mass is 9.94. The van der Waals surface area contributed by atoms with E-state index in [4.69, 9.17) is 14.6 Å². The van der Waals surface area contributed by atoms with Gasteiger partial charge in [0.2, 0.25) is 0 Å². The minimum atomic E-state index is -0.642. The fourth-order valence-electron chi connectivity index (χ4n) is 2.86. The van der Waals surface area contributed by atoms with E-state index in [1.165, 1.54) is 6.92 Å². The van der Waals surface area contributed by atoms with Crippen LogP contribution in [0.25, 0.3) is 0 Å². The Bertz CT molecular complexity index is 805. The zero-order valence-corrected chi connectivity index (χ0v) is 16.6. The predicted molar refractivity (Wildman–Crippen MR) is 109 cm³/mol. The third kappa shape index (κ3) is 6.89. The van der Waals surface area contributed by atoms with Gasteiger partial charge in [-0.15, -0.1) is 0 Å². The Morgan fingerprint density at radius 2 is 1.79 bits per heavy atom. The van der Waals surface area contributed by atoms with Gasteiger partial charge in [-0.25, -0.2) is 4.79 Å². The van der Waals surface area contributed by atoms with Crippen molar-refractivity contribution in [1.82, 2.24) is 0 Å². The van der Waals surface area contributed by atoms with Gasteiger partial charge in [0.25, 0.3) is 0 Å². The van der Waals surface area contributed by atoms with Crippen LogP contribution in [-0.4, -0.2) is 41.9 Å². The maximum absolute atomic E-state index is 12.5. The van der Waals surface area contributed by atoms with Gasteiger partial charge in [-0.2, -0.15) is 0 Å². The highest BCUT2D eigenvalue weighted by Gasteiger charge is 2.24. The Labute approximate surface area is 170 Å². The van der Waals surface area contributed by atoms with Crippen LogP contribution in [0.3, 0.4) is 0 Å². The van der Waals surface area contributed by atoms with Crippen molar-refractivity contribution < 1.29 is 29.3 Å². The van der Waals surface area contributed by atoms with Gasteiger partial charge in [-0.05, 0) is 61.2 Å². The minimum Gasteiger partial charge on any atom is -0.491 e. The number of anilines is 1. The Balaban J connectivity index is 2.13. The molecule has 2 atom stereocenters. The Kier molecular flexibility index (Phi) is 8.64. The number of ketones is 1. The van der Waals surface area contributed by atoms with Crippen molar-refractivity contribution in [3.8, 4) is 5.75 Å². The number of hydrogen-bond acceptors (Lipinski definition) is 6. The quantitative estimate of drug-likeness (QED) is 0.526. The summed E-state index contributed by atoms with van der Waals surface area (Å²) >= 11 is 0. The first-order chi connectivity index (χ1) is 13.9. The molecule has 2 rings (SSSR count). The standard InChI is InChI=1S/C22H27NO6/c1-15(10-11-24)21(18-4-3-5-20(14-18)28-13-12-25)29-22(27)23-19-8-6-17(7-9-19)16(2)26/h3-9,14-15,21,24-25H,10-13H2,1-2H3,(H,23,27)/t15-,21-/m0/s1. The van der Waals surface area contributed by atoms with Crippen LogP contribution in [0.2, 0.25) is 0 Å². The molecule has 0 unspecified atom stereocenters. The lowest BCUT2D eigenvalue weighted by molar-refractivity contribution is 0.0665. The lowest BCUT2D eigenvalue weighted by Gasteiger charge is -2.24. The first-order valence-corrected chi connectivity index (χ1v) is 9.47. The maximum Gasteiger partial charge on any atom is 0.412 e. The molecule has 0 saturated heterocycles. The van der Waals surface area contributed by atoms with Gasteiger partial charge in [0.05, 0.1) is 6.61 Å². The van der Waals surface area contributed by atoms with Gasteiger partial charge in [0, 0.05) is 17.9 Å². The van der Waals surface area contributed by atoms with Crippen molar-refractivity contribution in [2.24, 2.45) is 5.92 Å². The summed E-state index contributed by atoms with van der Waals surface area (Å²) in [7, 11) is 0. The van der Waals surface area contributed by atoms with Crippen LogP contribution in [0.5, 0.6) is 5.75 Å². The summed E-state index contributed by atoms with van der Waals surface area (Å²) in [6.45, 7) is 3.39. The van der Waals surface area contributed by atoms with E-state index in [1.54, 1.807) is 42.5 Å². The van der Waals surface area contributed by atoms with Gasteiger partial charge in [0.15, 0.2) is 5.78 Å². The number of nitrogens with one attached hydrogen (secondary N) is 1. The Morgan fingerprint density at radius 3 is 2.41 bits per heavy atom. The number of aliphatic hydroxyl groups is 2. The van der Waals surface area contributed by atoms with E-state index in [0.717, 1.165) is 5.56 Å². The van der Waals surface area contributed by atoms with Gasteiger partial charge < -0.3 is 19.7 Å². The summed E-state index contributed by atoms with van der Waals surface area (Å²) in [4.78, 5) is 23.8. The number of ether oxygens (including phenoxy) is 2. The molecule has 0 bridgehead atoms. The molecular weight excluding hydrogens is 374 g/mol. The molecule has 7 heteroatoms. The molecule has 7 nitrogen and oxygen atoms in total. The summed E-state index contributed by atoms with van der Waals surface area (Å²) < 4.78 is 11.1. The third-order valence-electron chi connectivity index (χ3n) is 4.42. The predicted octanol–water partition coefficient (Wildman–Crippen LogP) is 3.57. The van der Waals surface area contributed by atoms with Crippen molar-refractivity contribution >= 4 is 17.6 Å². The van der Waals surface area contributed by atoms with Gasteiger partial charge in [0.1, 0.15) is 18.5 Å². The van der Waals surface area contributed by atoms with Crippen LogP contribution in [0, 0.1) is 5.92 Å². The molecule has 0 aliphatic carbocycles. The lowest BCUT2D eigenvalue weighted by Crippen LogP contribution is -2.22. The highest BCUT2D eigenvalue weighted by molar-refractivity contribution is 5.94. The second kappa shape index (κ2) is 11.2. The maximum atomic E-state index is 12.5. The van der Waals surface area contributed by atoms with E-state index < -0.39 is 12.2 Å². The second-order valence-corrected chi connectivity index (χ2v) is 6.72. The van der Waals surface area contributed by atoms with Crippen LogP contribution in [0.4, 0.5) is 10.5 Å². The molecular formula is C22H27NO6. The molecule has 0 spiro atoms. The summed E-state index contributed by atoms with van der Waals surface area (Å²) in [6.07, 6.45) is -0.791. The number of carbonyl (C=O) groups is 2. The second-order valence-electron chi connectivity index (χ2n) is 6.72. The molecule has 156 valence electrons. The van der Waals surface area contributed by atoms with E-state index in [2.05, 4.69) is 5.32 Å². The van der Waals surface area contributed by atoms with Crippen LogP contribution < -0.4 is 10.1 Å². The largest absolute Gasteiger partial charge is 0.491 e. The molecule has 0 saturated carbocycles. The average molecular weight is 401 g/mol. The average Bonchev–Trinajstić information content (AvgIpc) is 2.71.